The lowest BCUT2D eigenvalue weighted by Crippen LogP contribution is -1.95. The third-order valence-corrected chi connectivity index (χ3v) is 1.66. The molecule has 0 aliphatic rings. The van der Waals surface area contributed by atoms with Crippen LogP contribution in [0.5, 0.6) is 0 Å². The highest BCUT2D eigenvalue weighted by Gasteiger charge is 2.06. The van der Waals surface area contributed by atoms with Gasteiger partial charge in [0.25, 0.3) is 0 Å². The van der Waals surface area contributed by atoms with Gasteiger partial charge in [-0.2, -0.15) is 2.90 Å². The Balaban J connectivity index is 2.94. The van der Waals surface area contributed by atoms with E-state index >= 15 is 0 Å². The molecule has 1 aromatic rings. The van der Waals surface area contributed by atoms with Crippen molar-refractivity contribution in [1.82, 2.24) is 18.4 Å². The molecule has 1 heterocycles. The fraction of sp³-hybridized carbons (Fsp3) is 0.750. The van der Waals surface area contributed by atoms with E-state index in [9.17, 15) is 0 Å². The predicted octanol–water partition coefficient (Wildman–Crippen LogP) is 0.995. The lowest BCUT2D eigenvalue weighted by Gasteiger charge is -1.96. The van der Waals surface area contributed by atoms with Crippen LogP contribution in [0.2, 0.25) is 0 Å². The van der Waals surface area contributed by atoms with Crippen molar-refractivity contribution in [2.75, 3.05) is 0 Å². The Morgan fingerprint density at radius 1 is 1.56 bits per heavy atom. The maximum Gasteiger partial charge on any atom is 0.164 e. The van der Waals surface area contributed by atoms with Crippen molar-refractivity contribution in [2.24, 2.45) is 0 Å². The Bertz CT molecular complexity index is 194. The van der Waals surface area contributed by atoms with E-state index in [1.54, 1.807) is 2.90 Å². The summed E-state index contributed by atoms with van der Waals surface area (Å²) >= 11 is 2.05. The first-order valence-electron chi connectivity index (χ1n) is 2.66. The highest BCUT2D eigenvalue weighted by molar-refractivity contribution is 14.1. The number of hydrogen-bond acceptors (Lipinski definition) is 3. The number of tetrazole rings is 1. The molecule has 0 aliphatic heterocycles. The summed E-state index contributed by atoms with van der Waals surface area (Å²) < 4.78 is 1.66. The maximum absolute atomic E-state index is 3.81. The Hall–Kier alpha value is -0.200. The molecule has 0 spiro atoms. The van der Waals surface area contributed by atoms with E-state index in [1.165, 1.54) is 0 Å². The molecular weight excluding hydrogens is 231 g/mol. The summed E-state index contributed by atoms with van der Waals surface area (Å²) in [5.41, 5.74) is 0. The minimum atomic E-state index is 0.400. The second-order valence-electron chi connectivity index (χ2n) is 2.05. The van der Waals surface area contributed by atoms with Gasteiger partial charge in [0.1, 0.15) is 0 Å². The van der Waals surface area contributed by atoms with Crippen molar-refractivity contribution in [3.63, 3.8) is 0 Å². The van der Waals surface area contributed by atoms with Crippen molar-refractivity contribution in [3.8, 4) is 0 Å². The SMILES string of the molecule is CC(C)c1nnnn1I. The van der Waals surface area contributed by atoms with E-state index in [4.69, 9.17) is 0 Å². The van der Waals surface area contributed by atoms with Crippen LogP contribution in [0.15, 0.2) is 0 Å². The van der Waals surface area contributed by atoms with E-state index in [1.807, 2.05) is 0 Å². The highest BCUT2D eigenvalue weighted by atomic mass is 127. The molecule has 1 rings (SSSR count). The molecular formula is C4H7IN4. The second-order valence-corrected chi connectivity index (χ2v) is 2.97. The third-order valence-electron chi connectivity index (χ3n) is 0.971. The lowest BCUT2D eigenvalue weighted by atomic mass is 10.2. The van der Waals surface area contributed by atoms with Gasteiger partial charge in [0.05, 0.1) is 22.9 Å². The summed E-state index contributed by atoms with van der Waals surface area (Å²) in [4.78, 5) is 0. The van der Waals surface area contributed by atoms with E-state index in [2.05, 4.69) is 52.2 Å². The molecule has 0 amide bonds. The van der Waals surface area contributed by atoms with Gasteiger partial charge in [-0.15, -0.1) is 5.10 Å². The fourth-order valence-electron chi connectivity index (χ4n) is 0.512. The van der Waals surface area contributed by atoms with Crippen LogP contribution in [0.3, 0.4) is 0 Å². The zero-order valence-electron chi connectivity index (χ0n) is 5.24. The summed E-state index contributed by atoms with van der Waals surface area (Å²) in [5, 5.41) is 11.0. The number of hydrogen-bond donors (Lipinski definition) is 0. The summed E-state index contributed by atoms with van der Waals surface area (Å²) in [6, 6.07) is 0. The van der Waals surface area contributed by atoms with Crippen LogP contribution >= 0.6 is 22.9 Å². The summed E-state index contributed by atoms with van der Waals surface area (Å²) in [6.07, 6.45) is 0. The van der Waals surface area contributed by atoms with Crippen molar-refractivity contribution in [1.29, 1.82) is 0 Å². The average Bonchev–Trinajstić information content (AvgIpc) is 2.13. The van der Waals surface area contributed by atoms with Crippen molar-refractivity contribution in [3.05, 3.63) is 5.82 Å². The highest BCUT2D eigenvalue weighted by Crippen LogP contribution is 2.10. The molecule has 0 radical (unpaired) electrons. The molecule has 0 aliphatic carbocycles. The summed E-state index contributed by atoms with van der Waals surface area (Å²) in [5.74, 6) is 1.31. The average molecular weight is 238 g/mol. The van der Waals surface area contributed by atoms with Crippen LogP contribution in [-0.2, 0) is 0 Å². The zero-order chi connectivity index (χ0) is 6.85. The molecule has 5 heteroatoms. The quantitative estimate of drug-likeness (QED) is 0.685. The van der Waals surface area contributed by atoms with Crippen molar-refractivity contribution in [2.45, 2.75) is 19.8 Å². The lowest BCUT2D eigenvalue weighted by molar-refractivity contribution is 0.771. The molecule has 50 valence electrons. The van der Waals surface area contributed by atoms with E-state index in [0.717, 1.165) is 5.82 Å². The van der Waals surface area contributed by atoms with Gasteiger partial charge in [-0.05, 0) is 10.4 Å². The number of halogens is 1. The van der Waals surface area contributed by atoms with Gasteiger partial charge in [0.2, 0.25) is 0 Å². The van der Waals surface area contributed by atoms with Crippen LogP contribution in [-0.4, -0.2) is 18.4 Å². The smallest absolute Gasteiger partial charge is 0.164 e. The first-order valence-corrected chi connectivity index (χ1v) is 3.62. The molecule has 9 heavy (non-hydrogen) atoms. The van der Waals surface area contributed by atoms with Gasteiger partial charge < -0.3 is 0 Å². The molecule has 0 N–H and O–H groups in total. The van der Waals surface area contributed by atoms with Crippen molar-refractivity contribution < 1.29 is 0 Å². The largest absolute Gasteiger partial charge is 0.168 e. The molecule has 1 aromatic heterocycles. The minimum absolute atomic E-state index is 0.400. The van der Waals surface area contributed by atoms with Crippen LogP contribution < -0.4 is 0 Å². The van der Waals surface area contributed by atoms with Crippen LogP contribution in [0.1, 0.15) is 25.6 Å². The molecule has 0 atom stereocenters. The summed E-state index contributed by atoms with van der Waals surface area (Å²) in [6.45, 7) is 4.11. The standard InChI is InChI=1S/C4H7IN4/c1-3(2)4-6-7-8-9(4)5/h3H,1-2H3. The third kappa shape index (κ3) is 1.38. The second kappa shape index (κ2) is 2.59. The molecule has 0 bridgehead atoms. The zero-order valence-corrected chi connectivity index (χ0v) is 7.40. The van der Waals surface area contributed by atoms with Gasteiger partial charge in [0, 0.05) is 5.92 Å². The van der Waals surface area contributed by atoms with Crippen molar-refractivity contribution >= 4 is 22.9 Å². The monoisotopic (exact) mass is 238 g/mol. The Labute approximate surface area is 67.1 Å². The van der Waals surface area contributed by atoms with Gasteiger partial charge in [-0.3, -0.25) is 0 Å². The minimum Gasteiger partial charge on any atom is -0.168 e. The Morgan fingerprint density at radius 3 is 2.44 bits per heavy atom. The Kier molecular flexibility index (Phi) is 1.99. The van der Waals surface area contributed by atoms with Crippen LogP contribution in [0.25, 0.3) is 0 Å². The fourth-order valence-corrected chi connectivity index (χ4v) is 1.25. The van der Waals surface area contributed by atoms with Gasteiger partial charge >= 0.3 is 0 Å². The molecule has 0 saturated heterocycles. The molecule has 4 nitrogen and oxygen atoms in total. The Morgan fingerprint density at radius 2 is 2.22 bits per heavy atom. The summed E-state index contributed by atoms with van der Waals surface area (Å²) in [7, 11) is 0. The number of aromatic nitrogens is 4. The predicted molar refractivity (Wildman–Crippen MR) is 41.3 cm³/mol. The van der Waals surface area contributed by atoms with E-state index in [0.29, 0.717) is 5.92 Å². The maximum atomic E-state index is 3.81. The van der Waals surface area contributed by atoms with Gasteiger partial charge in [-0.25, -0.2) is 0 Å². The normalized spacial score (nSPS) is 10.7. The van der Waals surface area contributed by atoms with E-state index in [-0.39, 0.29) is 0 Å². The number of nitrogens with zero attached hydrogens (tertiary/aromatic N) is 4. The molecule has 0 unspecified atom stereocenters. The van der Waals surface area contributed by atoms with Crippen LogP contribution in [0.4, 0.5) is 0 Å². The first kappa shape index (κ1) is 6.91. The van der Waals surface area contributed by atoms with E-state index < -0.39 is 0 Å². The molecule has 0 aromatic carbocycles. The van der Waals surface area contributed by atoms with Crippen LogP contribution in [0, 0.1) is 0 Å². The number of rotatable bonds is 1. The molecule has 0 fully saturated rings. The van der Waals surface area contributed by atoms with Gasteiger partial charge in [-0.1, -0.05) is 13.8 Å². The molecule has 0 saturated carbocycles. The topological polar surface area (TPSA) is 43.6 Å². The van der Waals surface area contributed by atoms with Gasteiger partial charge in [0.15, 0.2) is 5.82 Å². The first-order chi connectivity index (χ1) is 4.22.